The fourth-order valence-corrected chi connectivity index (χ4v) is 6.32. The van der Waals surface area contributed by atoms with E-state index in [-0.39, 0.29) is 12.8 Å². The number of carboxylic acid groups (broad SMARTS) is 2. The number of aliphatic carboxylic acids is 2. The first-order valence-corrected chi connectivity index (χ1v) is 19.6. The summed E-state index contributed by atoms with van der Waals surface area (Å²) in [5, 5.41) is 19.1. The van der Waals surface area contributed by atoms with Crippen molar-refractivity contribution in [1.82, 2.24) is 0 Å². The molecule has 0 aromatic rings. The highest BCUT2D eigenvalue weighted by molar-refractivity contribution is 6.11. The van der Waals surface area contributed by atoms with Crippen molar-refractivity contribution in [2.75, 3.05) is 0 Å². The summed E-state index contributed by atoms with van der Waals surface area (Å²) in [5.74, 6) is -3.64. The van der Waals surface area contributed by atoms with Crippen LogP contribution >= 0.6 is 0 Å². The molecule has 0 rings (SSSR count). The lowest BCUT2D eigenvalue weighted by molar-refractivity contribution is -0.156. The molecule has 0 fully saturated rings. The van der Waals surface area contributed by atoms with Gasteiger partial charge in [0.1, 0.15) is 17.0 Å². The van der Waals surface area contributed by atoms with Crippen LogP contribution in [0.3, 0.4) is 0 Å². The third kappa shape index (κ3) is 26.4. The van der Waals surface area contributed by atoms with E-state index in [1.807, 2.05) is 0 Å². The van der Waals surface area contributed by atoms with Crippen molar-refractivity contribution < 1.29 is 29.4 Å². The molecule has 0 aliphatic carbocycles. The van der Waals surface area contributed by atoms with Gasteiger partial charge in [-0.25, -0.2) is 0 Å². The molecule has 6 nitrogen and oxygen atoms in total. The van der Waals surface area contributed by atoms with Crippen LogP contribution < -0.4 is 0 Å². The van der Waals surface area contributed by atoms with E-state index in [2.05, 4.69) is 38.2 Å². The molecule has 0 aliphatic rings. The lowest BCUT2D eigenvalue weighted by atomic mass is 9.70. The van der Waals surface area contributed by atoms with Gasteiger partial charge in [-0.05, 0) is 64.2 Å². The molecule has 0 aromatic heterocycles. The zero-order chi connectivity index (χ0) is 34.9. The molecule has 0 bridgehead atoms. The maximum atomic E-state index is 13.3. The molecule has 0 unspecified atom stereocenters. The van der Waals surface area contributed by atoms with Crippen LogP contribution in [0.25, 0.3) is 0 Å². The number of carbonyl (C=O) groups is 4. The summed E-state index contributed by atoms with van der Waals surface area (Å²) in [4.78, 5) is 50.1. The second-order valence-corrected chi connectivity index (χ2v) is 13.7. The van der Waals surface area contributed by atoms with Crippen LogP contribution in [0.1, 0.15) is 206 Å². The lowest BCUT2D eigenvalue weighted by Crippen LogP contribution is -2.43. The van der Waals surface area contributed by atoms with Crippen LogP contribution in [0.2, 0.25) is 0 Å². The van der Waals surface area contributed by atoms with E-state index in [1.54, 1.807) is 0 Å². The maximum absolute atomic E-state index is 13.3. The quantitative estimate of drug-likeness (QED) is 0.0393. The molecule has 0 aromatic carbocycles. The monoisotopic (exact) mass is 661 g/mol. The normalized spacial score (nSPS) is 12.0. The number of Topliss-reactive ketones (excluding diaryl/α,β-unsaturated/α-hetero) is 2. The van der Waals surface area contributed by atoms with Gasteiger partial charge in [-0.3, -0.25) is 19.2 Å². The van der Waals surface area contributed by atoms with E-state index in [0.29, 0.717) is 12.8 Å². The van der Waals surface area contributed by atoms with E-state index < -0.39 is 41.8 Å². The van der Waals surface area contributed by atoms with Crippen molar-refractivity contribution in [3.63, 3.8) is 0 Å². The van der Waals surface area contributed by atoms with Gasteiger partial charge in [-0.1, -0.05) is 141 Å². The van der Waals surface area contributed by atoms with Crippen LogP contribution in [0.5, 0.6) is 0 Å². The van der Waals surface area contributed by atoms with E-state index in [9.17, 15) is 29.4 Å². The first kappa shape index (κ1) is 44.8. The molecular formula is C41H72O6. The van der Waals surface area contributed by atoms with Crippen molar-refractivity contribution in [3.8, 4) is 0 Å². The Balaban J connectivity index is 4.39. The number of unbranched alkanes of at least 4 members (excludes halogenated alkanes) is 22. The van der Waals surface area contributed by atoms with Gasteiger partial charge in [0.2, 0.25) is 0 Å². The average molecular weight is 661 g/mol. The Labute approximate surface area is 288 Å². The standard InChI is InChI=1S/C41H72O6/c1-3-5-7-9-11-13-15-17-19-21-23-25-27-29-31-33-37(42)41(35-39(44)45,36-40(46)47)38(43)34-32-30-28-26-24-22-20-18-16-14-12-10-8-6-4-2/h17-20H,3-16,21-36H2,1-2H3,(H,44,45)(H,46,47)/b19-17-,20-18-. The molecule has 0 heterocycles. The molecule has 2 N–H and O–H groups in total. The minimum absolute atomic E-state index is 0.0524. The van der Waals surface area contributed by atoms with Crippen molar-refractivity contribution in [2.45, 2.75) is 206 Å². The van der Waals surface area contributed by atoms with E-state index in [1.165, 1.54) is 77.0 Å². The summed E-state index contributed by atoms with van der Waals surface area (Å²) in [5.41, 5.74) is -1.96. The molecule has 0 amide bonds. The third-order valence-corrected chi connectivity index (χ3v) is 9.30. The molecule has 6 heteroatoms. The largest absolute Gasteiger partial charge is 0.481 e. The van der Waals surface area contributed by atoms with Crippen LogP contribution in [0.4, 0.5) is 0 Å². The van der Waals surface area contributed by atoms with Crippen LogP contribution in [0.15, 0.2) is 24.3 Å². The minimum Gasteiger partial charge on any atom is -0.481 e. The van der Waals surface area contributed by atoms with Gasteiger partial charge >= 0.3 is 11.9 Å². The average Bonchev–Trinajstić information content (AvgIpc) is 3.03. The summed E-state index contributed by atoms with van der Waals surface area (Å²) in [6.07, 6.45) is 36.9. The topological polar surface area (TPSA) is 109 Å². The Kier molecular flexibility index (Phi) is 30.8. The summed E-state index contributed by atoms with van der Waals surface area (Å²) in [6.45, 7) is 4.48. The number of ketones is 2. The van der Waals surface area contributed by atoms with Crippen LogP contribution in [0, 0.1) is 5.41 Å². The Bertz CT molecular complexity index is 788. The third-order valence-electron chi connectivity index (χ3n) is 9.30. The molecule has 0 atom stereocenters. The highest BCUT2D eigenvalue weighted by atomic mass is 16.4. The van der Waals surface area contributed by atoms with Gasteiger partial charge in [0.25, 0.3) is 0 Å². The van der Waals surface area contributed by atoms with E-state index in [4.69, 9.17) is 0 Å². The molecule has 0 radical (unpaired) electrons. The Morgan fingerprint density at radius 1 is 0.404 bits per heavy atom. The Morgan fingerprint density at radius 3 is 0.936 bits per heavy atom. The van der Waals surface area contributed by atoms with Crippen molar-refractivity contribution in [2.24, 2.45) is 5.41 Å². The van der Waals surface area contributed by atoms with E-state index >= 15 is 0 Å². The predicted molar refractivity (Wildman–Crippen MR) is 196 cm³/mol. The van der Waals surface area contributed by atoms with Gasteiger partial charge in [0, 0.05) is 12.8 Å². The van der Waals surface area contributed by atoms with Gasteiger partial charge in [0.05, 0.1) is 12.8 Å². The molecule has 272 valence electrons. The zero-order valence-corrected chi connectivity index (χ0v) is 30.6. The Hall–Kier alpha value is -2.24. The highest BCUT2D eigenvalue weighted by Gasteiger charge is 2.47. The van der Waals surface area contributed by atoms with Gasteiger partial charge in [0.15, 0.2) is 0 Å². The smallest absolute Gasteiger partial charge is 0.304 e. The van der Waals surface area contributed by atoms with Gasteiger partial charge in [-0.15, -0.1) is 0 Å². The fraction of sp³-hybridized carbons (Fsp3) is 0.805. The first-order chi connectivity index (χ1) is 22.8. The van der Waals surface area contributed by atoms with Crippen molar-refractivity contribution in [1.29, 1.82) is 0 Å². The number of rotatable bonds is 36. The zero-order valence-electron chi connectivity index (χ0n) is 30.6. The molecule has 0 saturated carbocycles. The Morgan fingerprint density at radius 2 is 0.660 bits per heavy atom. The number of carbonyl (C=O) groups excluding carboxylic acids is 2. The SMILES string of the molecule is CCCCCCCC/C=C\CCCCCCCC(=O)C(CC(=O)O)(CC(=O)O)C(=O)CCCCCCC/C=C\CCCCCCCC. The number of hydrogen-bond acceptors (Lipinski definition) is 4. The number of hydrogen-bond donors (Lipinski definition) is 2. The second kappa shape index (κ2) is 32.3. The maximum Gasteiger partial charge on any atom is 0.304 e. The number of carboxylic acids is 2. The van der Waals surface area contributed by atoms with Crippen molar-refractivity contribution >= 4 is 23.5 Å². The number of allylic oxidation sites excluding steroid dienone is 4. The fourth-order valence-electron chi connectivity index (χ4n) is 6.32. The highest BCUT2D eigenvalue weighted by Crippen LogP contribution is 2.34. The minimum atomic E-state index is -1.96. The summed E-state index contributed by atoms with van der Waals surface area (Å²) < 4.78 is 0. The summed E-state index contributed by atoms with van der Waals surface area (Å²) >= 11 is 0. The van der Waals surface area contributed by atoms with Gasteiger partial charge in [-0.2, -0.15) is 0 Å². The molecule has 0 aliphatic heterocycles. The summed E-state index contributed by atoms with van der Waals surface area (Å²) in [7, 11) is 0. The van der Waals surface area contributed by atoms with Crippen LogP contribution in [-0.2, 0) is 19.2 Å². The van der Waals surface area contributed by atoms with E-state index in [0.717, 1.165) is 77.0 Å². The molecule has 0 saturated heterocycles. The first-order valence-electron chi connectivity index (χ1n) is 19.6. The summed E-state index contributed by atoms with van der Waals surface area (Å²) in [6, 6.07) is 0. The second-order valence-electron chi connectivity index (χ2n) is 13.7. The predicted octanol–water partition coefficient (Wildman–Crippen LogP) is 12.1. The lowest BCUT2D eigenvalue weighted by Gasteiger charge is -2.28. The molecular weight excluding hydrogens is 588 g/mol. The molecule has 47 heavy (non-hydrogen) atoms. The van der Waals surface area contributed by atoms with Crippen LogP contribution in [-0.4, -0.2) is 33.7 Å². The molecule has 0 spiro atoms. The van der Waals surface area contributed by atoms with Gasteiger partial charge < -0.3 is 10.2 Å². The van der Waals surface area contributed by atoms with Crippen molar-refractivity contribution in [3.05, 3.63) is 24.3 Å².